The molecule has 60 valence electrons. The van der Waals surface area contributed by atoms with Crippen LogP contribution >= 0.6 is 0 Å². The smallest absolute Gasteiger partial charge is 0.119 e. The first-order chi connectivity index (χ1) is 4.84. The molecule has 0 spiro atoms. The van der Waals surface area contributed by atoms with E-state index in [0.717, 1.165) is 13.1 Å². The molecule has 1 atom stereocenters. The van der Waals surface area contributed by atoms with E-state index in [0.29, 0.717) is 19.8 Å². The second-order valence-corrected chi connectivity index (χ2v) is 2.36. The molecule has 1 unspecified atom stereocenters. The fourth-order valence-corrected chi connectivity index (χ4v) is 1.02. The van der Waals surface area contributed by atoms with E-state index in [1.165, 1.54) is 0 Å². The molecule has 1 saturated heterocycles. The highest BCUT2D eigenvalue weighted by atomic mass is 16.5. The van der Waals surface area contributed by atoms with E-state index >= 15 is 0 Å². The molecule has 1 aliphatic rings. The molecule has 0 amide bonds. The van der Waals surface area contributed by atoms with Gasteiger partial charge >= 0.3 is 0 Å². The van der Waals surface area contributed by atoms with Crippen molar-refractivity contribution in [2.24, 2.45) is 5.73 Å². The second-order valence-electron chi connectivity index (χ2n) is 2.36. The van der Waals surface area contributed by atoms with Crippen LogP contribution in [0.3, 0.4) is 0 Å². The third-order valence-corrected chi connectivity index (χ3v) is 1.68. The predicted molar refractivity (Wildman–Crippen MR) is 37.5 cm³/mol. The SMILES string of the molecule is NCC(O)N1CCOCC1. The van der Waals surface area contributed by atoms with E-state index in [4.69, 9.17) is 10.5 Å². The fraction of sp³-hybridized carbons (Fsp3) is 1.00. The Morgan fingerprint density at radius 1 is 1.50 bits per heavy atom. The van der Waals surface area contributed by atoms with Crippen LogP contribution < -0.4 is 5.73 Å². The maximum Gasteiger partial charge on any atom is 0.119 e. The van der Waals surface area contributed by atoms with Gasteiger partial charge < -0.3 is 15.6 Å². The molecule has 1 heterocycles. The number of hydrogen-bond acceptors (Lipinski definition) is 4. The molecule has 0 aromatic heterocycles. The Balaban J connectivity index is 2.24. The second kappa shape index (κ2) is 3.88. The average Bonchev–Trinajstić information content (AvgIpc) is 2.05. The van der Waals surface area contributed by atoms with Crippen LogP contribution in [-0.4, -0.2) is 49.1 Å². The molecule has 10 heavy (non-hydrogen) atoms. The summed E-state index contributed by atoms with van der Waals surface area (Å²) in [5, 5.41) is 9.23. The van der Waals surface area contributed by atoms with E-state index in [1.807, 2.05) is 4.90 Å². The summed E-state index contributed by atoms with van der Waals surface area (Å²) in [6.45, 7) is 3.30. The summed E-state index contributed by atoms with van der Waals surface area (Å²) < 4.78 is 5.10. The fourth-order valence-electron chi connectivity index (χ4n) is 1.02. The number of ether oxygens (including phenoxy) is 1. The third-order valence-electron chi connectivity index (χ3n) is 1.68. The van der Waals surface area contributed by atoms with E-state index in [2.05, 4.69) is 0 Å². The Labute approximate surface area is 60.6 Å². The summed E-state index contributed by atoms with van der Waals surface area (Å²) in [7, 11) is 0. The summed E-state index contributed by atoms with van der Waals surface area (Å²) in [4.78, 5) is 1.92. The lowest BCUT2D eigenvalue weighted by molar-refractivity contribution is -0.0533. The van der Waals surface area contributed by atoms with Gasteiger partial charge in [0, 0.05) is 19.6 Å². The van der Waals surface area contributed by atoms with Crippen molar-refractivity contribution in [2.75, 3.05) is 32.8 Å². The summed E-state index contributed by atoms with van der Waals surface area (Å²) in [5.41, 5.74) is 5.27. The zero-order valence-corrected chi connectivity index (χ0v) is 5.99. The number of morpholine rings is 1. The van der Waals surface area contributed by atoms with Crippen LogP contribution in [0.2, 0.25) is 0 Å². The summed E-state index contributed by atoms with van der Waals surface area (Å²) in [5.74, 6) is 0. The van der Waals surface area contributed by atoms with Crippen molar-refractivity contribution in [1.29, 1.82) is 0 Å². The first-order valence-electron chi connectivity index (χ1n) is 3.54. The molecule has 3 N–H and O–H groups in total. The van der Waals surface area contributed by atoms with E-state index in [-0.39, 0.29) is 0 Å². The Morgan fingerprint density at radius 2 is 2.10 bits per heavy atom. The van der Waals surface area contributed by atoms with Crippen molar-refractivity contribution in [2.45, 2.75) is 6.23 Å². The molecule has 1 fully saturated rings. The first-order valence-corrected chi connectivity index (χ1v) is 3.54. The lowest BCUT2D eigenvalue weighted by atomic mass is 10.4. The van der Waals surface area contributed by atoms with Crippen LogP contribution in [0, 0.1) is 0 Å². The molecule has 0 aliphatic carbocycles. The normalized spacial score (nSPS) is 24.6. The maximum absolute atomic E-state index is 9.23. The first kappa shape index (κ1) is 7.94. The molecular formula is C6H14N2O2. The summed E-state index contributed by atoms with van der Waals surface area (Å²) in [6.07, 6.45) is -0.483. The minimum absolute atomic E-state index is 0.306. The zero-order chi connectivity index (χ0) is 7.40. The van der Waals surface area contributed by atoms with E-state index in [1.54, 1.807) is 0 Å². The minimum Gasteiger partial charge on any atom is -0.379 e. The van der Waals surface area contributed by atoms with Gasteiger partial charge in [0.05, 0.1) is 13.2 Å². The molecule has 0 radical (unpaired) electrons. The molecule has 0 saturated carbocycles. The van der Waals surface area contributed by atoms with Crippen molar-refractivity contribution >= 4 is 0 Å². The van der Waals surface area contributed by atoms with Crippen molar-refractivity contribution in [3.05, 3.63) is 0 Å². The van der Waals surface area contributed by atoms with Gasteiger partial charge in [-0.05, 0) is 0 Å². The van der Waals surface area contributed by atoms with Crippen molar-refractivity contribution in [1.82, 2.24) is 4.90 Å². The van der Waals surface area contributed by atoms with Crippen LogP contribution in [0.15, 0.2) is 0 Å². The largest absolute Gasteiger partial charge is 0.379 e. The Hall–Kier alpha value is -0.160. The predicted octanol–water partition coefficient (Wildman–Crippen LogP) is -1.40. The van der Waals surface area contributed by atoms with Crippen LogP contribution in [0.4, 0.5) is 0 Å². The number of aliphatic hydroxyl groups is 1. The quantitative estimate of drug-likeness (QED) is 0.503. The van der Waals surface area contributed by atoms with E-state index in [9.17, 15) is 5.11 Å². The highest BCUT2D eigenvalue weighted by Crippen LogP contribution is 1.99. The standard InChI is InChI=1S/C6H14N2O2/c7-5-6(9)8-1-3-10-4-2-8/h6,9H,1-5,7H2. The van der Waals surface area contributed by atoms with Gasteiger partial charge in [0.25, 0.3) is 0 Å². The highest BCUT2D eigenvalue weighted by Gasteiger charge is 2.16. The third kappa shape index (κ3) is 1.91. The van der Waals surface area contributed by atoms with Gasteiger partial charge in [-0.15, -0.1) is 0 Å². The molecule has 1 rings (SSSR count). The Morgan fingerprint density at radius 3 is 2.60 bits per heavy atom. The van der Waals surface area contributed by atoms with Crippen molar-refractivity contribution in [3.8, 4) is 0 Å². The topological polar surface area (TPSA) is 58.7 Å². The van der Waals surface area contributed by atoms with Gasteiger partial charge in [-0.3, -0.25) is 4.90 Å². The number of nitrogens with two attached hydrogens (primary N) is 1. The lowest BCUT2D eigenvalue weighted by Gasteiger charge is -2.30. The Kier molecular flexibility index (Phi) is 3.08. The minimum atomic E-state index is -0.483. The van der Waals surface area contributed by atoms with Gasteiger partial charge in [-0.2, -0.15) is 0 Å². The molecule has 0 bridgehead atoms. The Bertz CT molecular complexity index is 93.7. The maximum atomic E-state index is 9.23. The molecule has 0 aromatic rings. The molecule has 0 aromatic carbocycles. The van der Waals surface area contributed by atoms with Gasteiger partial charge in [-0.25, -0.2) is 0 Å². The van der Waals surface area contributed by atoms with Crippen LogP contribution in [-0.2, 0) is 4.74 Å². The monoisotopic (exact) mass is 146 g/mol. The number of rotatable bonds is 2. The van der Waals surface area contributed by atoms with E-state index < -0.39 is 6.23 Å². The van der Waals surface area contributed by atoms with Crippen LogP contribution in [0.5, 0.6) is 0 Å². The lowest BCUT2D eigenvalue weighted by Crippen LogP contribution is -2.46. The average molecular weight is 146 g/mol. The van der Waals surface area contributed by atoms with Gasteiger partial charge in [0.15, 0.2) is 0 Å². The number of nitrogens with zero attached hydrogens (tertiary/aromatic N) is 1. The molecule has 4 nitrogen and oxygen atoms in total. The molecular weight excluding hydrogens is 132 g/mol. The van der Waals surface area contributed by atoms with Gasteiger partial charge in [0.2, 0.25) is 0 Å². The number of hydrogen-bond donors (Lipinski definition) is 2. The van der Waals surface area contributed by atoms with Crippen LogP contribution in [0.1, 0.15) is 0 Å². The van der Waals surface area contributed by atoms with Gasteiger partial charge in [-0.1, -0.05) is 0 Å². The summed E-state index contributed by atoms with van der Waals surface area (Å²) in [6, 6.07) is 0. The van der Waals surface area contributed by atoms with Crippen LogP contribution in [0.25, 0.3) is 0 Å². The van der Waals surface area contributed by atoms with Gasteiger partial charge in [0.1, 0.15) is 6.23 Å². The van der Waals surface area contributed by atoms with Crippen molar-refractivity contribution in [3.63, 3.8) is 0 Å². The molecule has 4 heteroatoms. The zero-order valence-electron chi connectivity index (χ0n) is 5.99. The summed E-state index contributed by atoms with van der Waals surface area (Å²) >= 11 is 0. The van der Waals surface area contributed by atoms with Crippen molar-refractivity contribution < 1.29 is 9.84 Å². The molecule has 1 aliphatic heterocycles. The number of aliphatic hydroxyl groups excluding tert-OH is 1. The highest BCUT2D eigenvalue weighted by molar-refractivity contribution is 4.65.